The minimum atomic E-state index is 0.0343. The van der Waals surface area contributed by atoms with E-state index in [1.165, 1.54) is 11.3 Å². The number of nitrogens with zero attached hydrogens (tertiary/aromatic N) is 3. The highest BCUT2D eigenvalue weighted by Gasteiger charge is 2.26. The highest BCUT2D eigenvalue weighted by atomic mass is 32.1. The molecule has 7 heteroatoms. The summed E-state index contributed by atoms with van der Waals surface area (Å²) in [7, 11) is 1.82. The lowest BCUT2D eigenvalue weighted by Gasteiger charge is -2.32. The Labute approximate surface area is 150 Å². The predicted molar refractivity (Wildman–Crippen MR) is 100 cm³/mol. The van der Waals surface area contributed by atoms with E-state index >= 15 is 0 Å². The van der Waals surface area contributed by atoms with E-state index in [2.05, 4.69) is 20.3 Å². The third kappa shape index (κ3) is 3.37. The van der Waals surface area contributed by atoms with E-state index < -0.39 is 0 Å². The number of hydrogen-bond acceptors (Lipinski definition) is 5. The average molecular weight is 355 g/mol. The summed E-state index contributed by atoms with van der Waals surface area (Å²) in [6.45, 7) is 1.57. The number of piperidine rings is 1. The first-order valence-corrected chi connectivity index (χ1v) is 9.47. The van der Waals surface area contributed by atoms with Crippen molar-refractivity contribution in [1.29, 1.82) is 0 Å². The minimum Gasteiger partial charge on any atom is -0.365 e. The van der Waals surface area contributed by atoms with Crippen molar-refractivity contribution in [3.63, 3.8) is 0 Å². The number of hydrogen-bond donors (Lipinski definition) is 2. The average Bonchev–Trinajstić information content (AvgIpc) is 3.27. The van der Waals surface area contributed by atoms with Crippen LogP contribution in [-0.2, 0) is 6.42 Å². The van der Waals surface area contributed by atoms with Crippen LogP contribution in [0.5, 0.6) is 0 Å². The third-order valence-corrected chi connectivity index (χ3v) is 5.52. The summed E-state index contributed by atoms with van der Waals surface area (Å²) in [5.74, 6) is 1.47. The van der Waals surface area contributed by atoms with Crippen molar-refractivity contribution in [1.82, 2.24) is 19.9 Å². The summed E-state index contributed by atoms with van der Waals surface area (Å²) in [5, 5.41) is 5.59. The molecule has 0 bridgehead atoms. The maximum Gasteiger partial charge on any atom is 0.273 e. The number of amides is 1. The number of para-hydroxylation sites is 2. The Kier molecular flexibility index (Phi) is 4.40. The molecule has 2 N–H and O–H groups in total. The van der Waals surface area contributed by atoms with Gasteiger partial charge in [0.05, 0.1) is 11.0 Å². The number of thiazole rings is 1. The van der Waals surface area contributed by atoms with Crippen molar-refractivity contribution in [3.05, 3.63) is 41.2 Å². The molecule has 1 aliphatic rings. The number of anilines is 1. The molecular formula is C18H21N5OS. The lowest BCUT2D eigenvalue weighted by molar-refractivity contribution is 0.0667. The summed E-state index contributed by atoms with van der Waals surface area (Å²) < 4.78 is 0. The Morgan fingerprint density at radius 3 is 3.08 bits per heavy atom. The maximum absolute atomic E-state index is 12.7. The molecule has 2 aromatic heterocycles. The van der Waals surface area contributed by atoms with Crippen LogP contribution in [0.2, 0.25) is 0 Å². The molecule has 6 nitrogen and oxygen atoms in total. The van der Waals surface area contributed by atoms with E-state index in [4.69, 9.17) is 0 Å². The molecule has 130 valence electrons. The molecule has 3 aromatic rings. The van der Waals surface area contributed by atoms with Gasteiger partial charge in [-0.25, -0.2) is 9.97 Å². The number of rotatable bonds is 4. The van der Waals surface area contributed by atoms with Gasteiger partial charge in [-0.2, -0.15) is 0 Å². The second-order valence-electron chi connectivity index (χ2n) is 6.45. The molecule has 0 aliphatic carbocycles. The van der Waals surface area contributed by atoms with E-state index in [-0.39, 0.29) is 5.91 Å². The number of benzene rings is 1. The topological polar surface area (TPSA) is 73.9 Å². The van der Waals surface area contributed by atoms with Crippen molar-refractivity contribution >= 4 is 33.4 Å². The summed E-state index contributed by atoms with van der Waals surface area (Å²) in [5.41, 5.74) is 2.62. The molecule has 1 atom stereocenters. The van der Waals surface area contributed by atoms with E-state index in [1.54, 1.807) is 0 Å². The minimum absolute atomic E-state index is 0.0343. The van der Waals surface area contributed by atoms with E-state index in [9.17, 15) is 4.79 Å². The molecule has 0 unspecified atom stereocenters. The number of fused-ring (bicyclic) bond motifs is 1. The van der Waals surface area contributed by atoms with Gasteiger partial charge in [-0.1, -0.05) is 12.1 Å². The van der Waals surface area contributed by atoms with Crippen LogP contribution in [0, 0.1) is 5.92 Å². The number of aromatic amines is 1. The highest BCUT2D eigenvalue weighted by Crippen LogP contribution is 2.23. The van der Waals surface area contributed by atoms with Crippen LogP contribution in [0.1, 0.15) is 29.2 Å². The molecule has 1 aromatic carbocycles. The van der Waals surface area contributed by atoms with Gasteiger partial charge in [0.2, 0.25) is 0 Å². The number of imidazole rings is 1. The Morgan fingerprint density at radius 2 is 2.28 bits per heavy atom. The monoisotopic (exact) mass is 355 g/mol. The van der Waals surface area contributed by atoms with E-state index in [0.29, 0.717) is 11.6 Å². The SMILES string of the molecule is CNc1nc(C(=O)N2CCC[C@H](Cc3nc4ccccc4[nH]3)C2)cs1. The highest BCUT2D eigenvalue weighted by molar-refractivity contribution is 7.13. The smallest absolute Gasteiger partial charge is 0.273 e. The fourth-order valence-corrected chi connectivity index (χ4v) is 4.09. The second kappa shape index (κ2) is 6.84. The first kappa shape index (κ1) is 16.1. The first-order valence-electron chi connectivity index (χ1n) is 8.59. The number of carbonyl (C=O) groups excluding carboxylic acids is 1. The van der Waals surface area contributed by atoms with Gasteiger partial charge in [0.15, 0.2) is 5.13 Å². The van der Waals surface area contributed by atoms with Crippen LogP contribution < -0.4 is 5.32 Å². The molecule has 1 aliphatic heterocycles. The fourth-order valence-electron chi connectivity index (χ4n) is 3.44. The summed E-state index contributed by atoms with van der Waals surface area (Å²) >= 11 is 1.46. The lowest BCUT2D eigenvalue weighted by Crippen LogP contribution is -2.40. The van der Waals surface area contributed by atoms with E-state index in [0.717, 1.165) is 54.3 Å². The van der Waals surface area contributed by atoms with Crippen molar-refractivity contribution in [3.8, 4) is 0 Å². The predicted octanol–water partition coefficient (Wildman–Crippen LogP) is 3.16. The number of H-pyrrole nitrogens is 1. The Bertz CT molecular complexity index is 853. The van der Waals surface area contributed by atoms with Crippen molar-refractivity contribution in [2.75, 3.05) is 25.5 Å². The van der Waals surface area contributed by atoms with Gasteiger partial charge in [0, 0.05) is 31.9 Å². The van der Waals surface area contributed by atoms with Crippen LogP contribution in [0.25, 0.3) is 11.0 Å². The van der Waals surface area contributed by atoms with Crippen LogP contribution in [-0.4, -0.2) is 45.9 Å². The number of likely N-dealkylation sites (tertiary alicyclic amines) is 1. The van der Waals surface area contributed by atoms with Crippen molar-refractivity contribution in [2.24, 2.45) is 5.92 Å². The molecule has 3 heterocycles. The number of aromatic nitrogens is 3. The molecule has 0 saturated carbocycles. The van der Waals surface area contributed by atoms with Gasteiger partial charge < -0.3 is 15.2 Å². The normalized spacial score (nSPS) is 17.8. The zero-order chi connectivity index (χ0) is 17.2. The van der Waals surface area contributed by atoms with Gasteiger partial charge in [0.25, 0.3) is 5.91 Å². The summed E-state index contributed by atoms with van der Waals surface area (Å²) in [6.07, 6.45) is 3.02. The Balaban J connectivity index is 1.44. The molecule has 0 radical (unpaired) electrons. The molecule has 1 saturated heterocycles. The Hall–Kier alpha value is -2.41. The van der Waals surface area contributed by atoms with Crippen LogP contribution in [0.3, 0.4) is 0 Å². The fraction of sp³-hybridized carbons (Fsp3) is 0.389. The largest absolute Gasteiger partial charge is 0.365 e. The molecule has 25 heavy (non-hydrogen) atoms. The number of nitrogens with one attached hydrogen (secondary N) is 2. The van der Waals surface area contributed by atoms with Gasteiger partial charge in [-0.15, -0.1) is 11.3 Å². The third-order valence-electron chi connectivity index (χ3n) is 4.66. The van der Waals surface area contributed by atoms with Crippen molar-refractivity contribution in [2.45, 2.75) is 19.3 Å². The Morgan fingerprint density at radius 1 is 1.40 bits per heavy atom. The van der Waals surface area contributed by atoms with Crippen LogP contribution >= 0.6 is 11.3 Å². The van der Waals surface area contributed by atoms with Crippen LogP contribution in [0.15, 0.2) is 29.6 Å². The van der Waals surface area contributed by atoms with Gasteiger partial charge in [-0.3, -0.25) is 4.79 Å². The molecule has 1 fully saturated rings. The molecule has 1 amide bonds. The first-order chi connectivity index (χ1) is 12.2. The summed E-state index contributed by atoms with van der Waals surface area (Å²) in [4.78, 5) is 27.0. The standard InChI is InChI=1S/C18H21N5OS/c1-19-18-22-15(11-25-18)17(24)23-8-4-5-12(10-23)9-16-20-13-6-2-3-7-14(13)21-16/h2-3,6-7,11-12H,4-5,8-10H2,1H3,(H,19,22)(H,20,21)/t12-/m1/s1. The summed E-state index contributed by atoms with van der Waals surface area (Å²) in [6, 6.07) is 8.08. The second-order valence-corrected chi connectivity index (χ2v) is 7.31. The zero-order valence-corrected chi connectivity index (χ0v) is 15.0. The van der Waals surface area contributed by atoms with Gasteiger partial charge >= 0.3 is 0 Å². The van der Waals surface area contributed by atoms with Crippen LogP contribution in [0.4, 0.5) is 5.13 Å². The number of carbonyl (C=O) groups is 1. The molecular weight excluding hydrogens is 334 g/mol. The van der Waals surface area contributed by atoms with E-state index in [1.807, 2.05) is 41.6 Å². The lowest BCUT2D eigenvalue weighted by atomic mass is 9.94. The molecule has 0 spiro atoms. The van der Waals surface area contributed by atoms with Gasteiger partial charge in [-0.05, 0) is 30.9 Å². The molecule has 4 rings (SSSR count). The quantitative estimate of drug-likeness (QED) is 0.754. The zero-order valence-electron chi connectivity index (χ0n) is 14.2. The maximum atomic E-state index is 12.7. The van der Waals surface area contributed by atoms with Crippen molar-refractivity contribution < 1.29 is 4.79 Å². The van der Waals surface area contributed by atoms with Gasteiger partial charge in [0.1, 0.15) is 11.5 Å².